The minimum atomic E-state index is -0.971. The Kier molecular flexibility index (Phi) is 5.36. The van der Waals surface area contributed by atoms with Crippen LogP contribution >= 0.6 is 11.8 Å². The molecule has 0 aliphatic carbocycles. The monoisotopic (exact) mass is 405 g/mol. The van der Waals surface area contributed by atoms with Gasteiger partial charge in [-0.3, -0.25) is 14.5 Å². The molecule has 0 unspecified atom stereocenters. The van der Waals surface area contributed by atoms with Crippen LogP contribution in [-0.2, 0) is 4.79 Å². The predicted molar refractivity (Wildman–Crippen MR) is 113 cm³/mol. The van der Waals surface area contributed by atoms with Crippen LogP contribution in [0.3, 0.4) is 0 Å². The molecule has 0 bridgehead atoms. The van der Waals surface area contributed by atoms with E-state index in [4.69, 9.17) is 4.74 Å². The van der Waals surface area contributed by atoms with Gasteiger partial charge < -0.3 is 4.74 Å². The maximum absolute atomic E-state index is 13.0. The van der Waals surface area contributed by atoms with Crippen LogP contribution in [0.1, 0.15) is 27.1 Å². The third-order valence-corrected chi connectivity index (χ3v) is 5.59. The number of thioether (sulfide) groups is 1. The van der Waals surface area contributed by atoms with Crippen molar-refractivity contribution in [2.75, 3.05) is 12.0 Å². The largest absolute Gasteiger partial charge is 0.425 e. The van der Waals surface area contributed by atoms with Crippen LogP contribution in [-0.4, -0.2) is 40.7 Å². The van der Waals surface area contributed by atoms with Crippen LogP contribution < -0.4 is 4.74 Å². The molecule has 3 aromatic rings. The second-order valence-electron chi connectivity index (χ2n) is 6.75. The summed E-state index contributed by atoms with van der Waals surface area (Å²) < 4.78 is 5.60. The number of carbonyl (C=O) groups excluding carboxylic acids is 3. The first-order valence-corrected chi connectivity index (χ1v) is 10.7. The fraction of sp³-hybridized carbons (Fsp3) is 0.174. The molecular weight excluding hydrogens is 386 g/mol. The summed E-state index contributed by atoms with van der Waals surface area (Å²) in [4.78, 5) is 39.7. The van der Waals surface area contributed by atoms with Crippen molar-refractivity contribution in [1.29, 1.82) is 0 Å². The van der Waals surface area contributed by atoms with E-state index in [-0.39, 0.29) is 0 Å². The molecule has 0 aromatic heterocycles. The first-order valence-electron chi connectivity index (χ1n) is 9.26. The fourth-order valence-corrected chi connectivity index (χ4v) is 3.95. The van der Waals surface area contributed by atoms with Gasteiger partial charge >= 0.3 is 5.97 Å². The molecule has 0 saturated heterocycles. The molecule has 1 aliphatic heterocycles. The molecule has 6 heteroatoms. The lowest BCUT2D eigenvalue weighted by Gasteiger charge is -2.24. The van der Waals surface area contributed by atoms with Crippen LogP contribution in [0.4, 0.5) is 0 Å². The van der Waals surface area contributed by atoms with Gasteiger partial charge in [0.15, 0.2) is 0 Å². The number of hydrogen-bond acceptors (Lipinski definition) is 5. The van der Waals surface area contributed by atoms with Gasteiger partial charge in [-0.05, 0) is 53.5 Å². The summed E-state index contributed by atoms with van der Waals surface area (Å²) in [6.45, 7) is 0. The number of hydrogen-bond donors (Lipinski definition) is 0. The Hall–Kier alpha value is -3.12. The van der Waals surface area contributed by atoms with Crippen molar-refractivity contribution in [3.05, 3.63) is 77.9 Å². The number of rotatable bonds is 6. The number of benzene rings is 3. The maximum atomic E-state index is 13.0. The highest BCUT2D eigenvalue weighted by molar-refractivity contribution is 7.98. The number of ether oxygens (including phenoxy) is 1. The van der Waals surface area contributed by atoms with Gasteiger partial charge in [0, 0.05) is 0 Å². The predicted octanol–water partition coefficient (Wildman–Crippen LogP) is 4.16. The summed E-state index contributed by atoms with van der Waals surface area (Å²) in [6, 6.07) is 18.8. The van der Waals surface area contributed by atoms with Gasteiger partial charge in [0.2, 0.25) is 0 Å². The lowest BCUT2D eigenvalue weighted by atomic mass is 10.1. The number of esters is 1. The van der Waals surface area contributed by atoms with Gasteiger partial charge in [-0.1, -0.05) is 42.5 Å². The zero-order valence-corrected chi connectivity index (χ0v) is 16.6. The first-order chi connectivity index (χ1) is 14.1. The molecule has 5 nitrogen and oxygen atoms in total. The third-order valence-electron chi connectivity index (χ3n) is 4.94. The van der Waals surface area contributed by atoms with E-state index < -0.39 is 23.8 Å². The van der Waals surface area contributed by atoms with E-state index >= 15 is 0 Å². The number of carbonyl (C=O) groups is 3. The van der Waals surface area contributed by atoms with Crippen LogP contribution in [0.2, 0.25) is 0 Å². The molecule has 0 fully saturated rings. The highest BCUT2D eigenvalue weighted by Gasteiger charge is 2.43. The Morgan fingerprint density at radius 2 is 1.55 bits per heavy atom. The Labute approximate surface area is 172 Å². The Bertz CT molecular complexity index is 1080. The van der Waals surface area contributed by atoms with Gasteiger partial charge in [0.1, 0.15) is 11.8 Å². The molecule has 1 heterocycles. The topological polar surface area (TPSA) is 63.7 Å². The van der Waals surface area contributed by atoms with Gasteiger partial charge in [-0.25, -0.2) is 4.79 Å². The molecule has 0 N–H and O–H groups in total. The lowest BCUT2D eigenvalue weighted by molar-refractivity contribution is -0.138. The van der Waals surface area contributed by atoms with E-state index in [1.807, 2.05) is 36.6 Å². The van der Waals surface area contributed by atoms with Gasteiger partial charge in [-0.15, -0.1) is 0 Å². The van der Waals surface area contributed by atoms with E-state index in [0.29, 0.717) is 29.1 Å². The smallest absolute Gasteiger partial charge is 0.334 e. The molecule has 3 aromatic carbocycles. The van der Waals surface area contributed by atoms with Crippen molar-refractivity contribution in [2.45, 2.75) is 12.5 Å². The third kappa shape index (κ3) is 3.63. The highest BCUT2D eigenvalue weighted by Crippen LogP contribution is 2.28. The summed E-state index contributed by atoms with van der Waals surface area (Å²) in [6.07, 6.45) is 2.24. The van der Waals surface area contributed by atoms with Crippen molar-refractivity contribution in [2.24, 2.45) is 0 Å². The molecule has 0 spiro atoms. The van der Waals surface area contributed by atoms with E-state index in [0.717, 1.165) is 15.7 Å². The highest BCUT2D eigenvalue weighted by atomic mass is 32.2. The van der Waals surface area contributed by atoms with Crippen molar-refractivity contribution < 1.29 is 19.1 Å². The van der Waals surface area contributed by atoms with E-state index in [1.54, 1.807) is 48.2 Å². The molecule has 4 rings (SSSR count). The molecule has 29 heavy (non-hydrogen) atoms. The average Bonchev–Trinajstić information content (AvgIpc) is 2.99. The number of fused-ring (bicyclic) bond motifs is 2. The summed E-state index contributed by atoms with van der Waals surface area (Å²) >= 11 is 1.54. The van der Waals surface area contributed by atoms with Crippen molar-refractivity contribution in [1.82, 2.24) is 4.90 Å². The molecule has 2 amide bonds. The van der Waals surface area contributed by atoms with Gasteiger partial charge in [0.25, 0.3) is 11.8 Å². The number of amides is 2. The first kappa shape index (κ1) is 19.2. The molecule has 146 valence electrons. The number of nitrogens with zero attached hydrogens (tertiary/aromatic N) is 1. The Morgan fingerprint density at radius 3 is 2.21 bits per heavy atom. The minimum absolute atomic E-state index is 0.324. The normalized spacial score (nSPS) is 14.2. The van der Waals surface area contributed by atoms with Crippen LogP contribution in [0.25, 0.3) is 10.8 Å². The van der Waals surface area contributed by atoms with Crippen LogP contribution in [0.15, 0.2) is 66.7 Å². The van der Waals surface area contributed by atoms with Crippen molar-refractivity contribution in [3.8, 4) is 5.75 Å². The van der Waals surface area contributed by atoms with Crippen molar-refractivity contribution >= 4 is 40.3 Å². The molecule has 1 aliphatic rings. The minimum Gasteiger partial charge on any atom is -0.425 e. The second kappa shape index (κ2) is 8.09. The molecule has 0 radical (unpaired) electrons. The number of imide groups is 1. The standard InChI is InChI=1S/C23H19NO4S/c1-29-13-12-20(24-21(25)18-8-4-5-9-19(18)22(24)26)23(27)28-17-11-10-15-6-2-3-7-16(15)14-17/h2-11,14,20H,12-13H2,1H3/t20-/m0/s1. The Morgan fingerprint density at radius 1 is 0.931 bits per heavy atom. The SMILES string of the molecule is CSCC[C@@H](C(=O)Oc1ccc2ccccc2c1)N1C(=O)c2ccccc2C1=O. The van der Waals surface area contributed by atoms with E-state index in [2.05, 4.69) is 0 Å². The van der Waals surface area contributed by atoms with Crippen molar-refractivity contribution in [3.63, 3.8) is 0 Å². The summed E-state index contributed by atoms with van der Waals surface area (Å²) in [7, 11) is 0. The average molecular weight is 405 g/mol. The van der Waals surface area contributed by atoms with E-state index in [1.165, 1.54) is 0 Å². The van der Waals surface area contributed by atoms with Crippen LogP contribution in [0.5, 0.6) is 5.75 Å². The lowest BCUT2D eigenvalue weighted by Crippen LogP contribution is -2.47. The summed E-state index contributed by atoms with van der Waals surface area (Å²) in [5.41, 5.74) is 0.648. The maximum Gasteiger partial charge on any atom is 0.334 e. The fourth-order valence-electron chi connectivity index (χ4n) is 3.49. The van der Waals surface area contributed by atoms with Crippen LogP contribution in [0, 0.1) is 0 Å². The van der Waals surface area contributed by atoms with E-state index in [9.17, 15) is 14.4 Å². The summed E-state index contributed by atoms with van der Waals surface area (Å²) in [5.74, 6) is -0.507. The molecule has 0 saturated carbocycles. The Balaban J connectivity index is 1.61. The van der Waals surface area contributed by atoms with Gasteiger partial charge in [0.05, 0.1) is 11.1 Å². The second-order valence-corrected chi connectivity index (χ2v) is 7.74. The molecular formula is C23H19NO4S. The van der Waals surface area contributed by atoms with Gasteiger partial charge in [-0.2, -0.15) is 11.8 Å². The zero-order valence-electron chi connectivity index (χ0n) is 15.8. The molecule has 1 atom stereocenters. The summed E-state index contributed by atoms with van der Waals surface area (Å²) in [5, 5.41) is 1.98. The zero-order chi connectivity index (χ0) is 20.4. The quantitative estimate of drug-likeness (QED) is 0.350.